The summed E-state index contributed by atoms with van der Waals surface area (Å²) >= 11 is 6.72. The Balaban J connectivity index is 1.68. The van der Waals surface area contributed by atoms with Gasteiger partial charge in [-0.1, -0.05) is 24.6 Å². The number of carbonyl (C=O) groups excluding carboxylic acids is 1. The molecular weight excluding hydrogens is 417 g/mol. The molecule has 0 saturated carbocycles. The number of rotatable bonds is 8. The molecule has 0 atom stereocenters. The number of benzene rings is 2. The summed E-state index contributed by atoms with van der Waals surface area (Å²) < 4.78 is 28.8. The van der Waals surface area contributed by atoms with Gasteiger partial charge in [0.1, 0.15) is 5.82 Å². The van der Waals surface area contributed by atoms with Gasteiger partial charge in [-0.2, -0.15) is 9.36 Å². The fourth-order valence-corrected chi connectivity index (χ4v) is 3.25. The highest BCUT2D eigenvalue weighted by molar-refractivity contribution is 7.10. The molecule has 0 aliphatic carbocycles. The molecule has 9 heteroatoms. The van der Waals surface area contributed by atoms with Crippen LogP contribution in [0.15, 0.2) is 36.4 Å². The highest BCUT2D eigenvalue weighted by Gasteiger charge is 2.13. The quantitative estimate of drug-likeness (QED) is 0.540. The summed E-state index contributed by atoms with van der Waals surface area (Å²) in [6, 6.07) is 9.68. The summed E-state index contributed by atoms with van der Waals surface area (Å²) in [6.07, 6.45) is 0.893. The molecule has 0 bridgehead atoms. The van der Waals surface area contributed by atoms with Crippen molar-refractivity contribution < 1.29 is 18.7 Å². The monoisotopic (exact) mass is 435 g/mol. The first-order valence-electron chi connectivity index (χ1n) is 8.89. The third-order valence-electron chi connectivity index (χ3n) is 3.90. The average molecular weight is 436 g/mol. The molecule has 0 radical (unpaired) electrons. The lowest BCUT2D eigenvalue weighted by Gasteiger charge is -2.10. The van der Waals surface area contributed by atoms with Gasteiger partial charge in [0, 0.05) is 17.1 Å². The molecule has 1 N–H and O–H groups in total. The van der Waals surface area contributed by atoms with E-state index in [4.69, 9.17) is 21.1 Å². The van der Waals surface area contributed by atoms with Crippen LogP contribution in [0.25, 0.3) is 11.4 Å². The first kappa shape index (κ1) is 21.0. The Hall–Kier alpha value is -2.71. The van der Waals surface area contributed by atoms with E-state index in [1.54, 1.807) is 25.3 Å². The largest absolute Gasteiger partial charge is 0.493 e. The molecule has 2 aromatic carbocycles. The normalized spacial score (nSPS) is 10.6. The van der Waals surface area contributed by atoms with E-state index in [-0.39, 0.29) is 17.4 Å². The number of hydrogen-bond acceptors (Lipinski definition) is 6. The third-order valence-corrected chi connectivity index (χ3v) is 4.84. The van der Waals surface area contributed by atoms with Crippen LogP contribution in [0.5, 0.6) is 11.5 Å². The van der Waals surface area contributed by atoms with Crippen LogP contribution in [0, 0.1) is 5.82 Å². The lowest BCUT2D eigenvalue weighted by molar-refractivity contribution is -0.115. The van der Waals surface area contributed by atoms with Crippen LogP contribution in [0.4, 0.5) is 9.52 Å². The van der Waals surface area contributed by atoms with Crippen molar-refractivity contribution in [3.63, 3.8) is 0 Å². The topological polar surface area (TPSA) is 73.3 Å². The molecule has 3 aromatic rings. The van der Waals surface area contributed by atoms with Gasteiger partial charge in [0.15, 0.2) is 17.3 Å². The Kier molecular flexibility index (Phi) is 7.00. The molecule has 1 heterocycles. The Morgan fingerprint density at radius 1 is 1.24 bits per heavy atom. The molecule has 0 saturated heterocycles. The molecule has 0 aliphatic heterocycles. The van der Waals surface area contributed by atoms with E-state index in [9.17, 15) is 9.18 Å². The second-order valence-corrected chi connectivity index (χ2v) is 7.27. The summed E-state index contributed by atoms with van der Waals surface area (Å²) in [5.74, 6) is 0.812. The average Bonchev–Trinajstić information content (AvgIpc) is 3.17. The number of hydrogen-bond donors (Lipinski definition) is 1. The van der Waals surface area contributed by atoms with Crippen molar-refractivity contribution in [2.24, 2.45) is 0 Å². The Bertz CT molecular complexity index is 1010. The van der Waals surface area contributed by atoms with Gasteiger partial charge in [0.25, 0.3) is 0 Å². The van der Waals surface area contributed by atoms with Gasteiger partial charge in [-0.3, -0.25) is 4.79 Å². The maximum atomic E-state index is 13.5. The minimum absolute atomic E-state index is 0.000287. The van der Waals surface area contributed by atoms with E-state index in [1.807, 2.05) is 13.0 Å². The molecule has 152 valence electrons. The zero-order valence-electron chi connectivity index (χ0n) is 15.9. The number of nitrogens with one attached hydrogen (secondary N) is 1. The van der Waals surface area contributed by atoms with E-state index >= 15 is 0 Å². The van der Waals surface area contributed by atoms with Gasteiger partial charge in [-0.05, 0) is 42.3 Å². The van der Waals surface area contributed by atoms with Crippen LogP contribution in [0.2, 0.25) is 5.02 Å². The fourth-order valence-electron chi connectivity index (χ4n) is 2.53. The van der Waals surface area contributed by atoms with Gasteiger partial charge in [0.05, 0.1) is 25.2 Å². The maximum Gasteiger partial charge on any atom is 0.230 e. The summed E-state index contributed by atoms with van der Waals surface area (Å²) in [7, 11) is 1.57. The number of anilines is 1. The Morgan fingerprint density at radius 3 is 2.79 bits per heavy atom. The number of aromatic nitrogens is 2. The highest BCUT2D eigenvalue weighted by atomic mass is 35.5. The van der Waals surface area contributed by atoms with Crippen molar-refractivity contribution in [2.75, 3.05) is 19.0 Å². The fraction of sp³-hybridized carbons (Fsp3) is 0.250. The standard InChI is InChI=1S/C20H19ClFN3O3S/c1-3-8-28-16-7-5-13(11-17(16)27-2)19-24-20(29-25-19)23-18(26)10-12-4-6-14(21)15(22)9-12/h4-7,9,11H,3,8,10H2,1-2H3,(H,23,24,25,26). The van der Waals surface area contributed by atoms with E-state index in [1.165, 1.54) is 12.1 Å². The SMILES string of the molecule is CCCOc1ccc(-c2nsc(NC(=O)Cc3ccc(Cl)c(F)c3)n2)cc1OC. The van der Waals surface area contributed by atoms with E-state index in [0.29, 0.717) is 34.6 Å². The van der Waals surface area contributed by atoms with Crippen LogP contribution < -0.4 is 14.8 Å². The van der Waals surface area contributed by atoms with Gasteiger partial charge in [-0.15, -0.1) is 0 Å². The number of methoxy groups -OCH3 is 1. The predicted octanol–water partition coefficient (Wildman–Crippen LogP) is 4.98. The molecule has 6 nitrogen and oxygen atoms in total. The summed E-state index contributed by atoms with van der Waals surface area (Å²) in [5, 5.41) is 3.05. The molecule has 0 fully saturated rings. The van der Waals surface area contributed by atoms with E-state index < -0.39 is 5.82 Å². The van der Waals surface area contributed by atoms with E-state index in [2.05, 4.69) is 14.7 Å². The Morgan fingerprint density at radius 2 is 2.07 bits per heavy atom. The first-order valence-corrected chi connectivity index (χ1v) is 10.0. The lowest BCUT2D eigenvalue weighted by atomic mass is 10.1. The minimum Gasteiger partial charge on any atom is -0.493 e. The maximum absolute atomic E-state index is 13.5. The smallest absolute Gasteiger partial charge is 0.230 e. The summed E-state index contributed by atoms with van der Waals surface area (Å²) in [6.45, 7) is 2.62. The van der Waals surface area contributed by atoms with Crippen molar-refractivity contribution in [1.82, 2.24) is 9.36 Å². The molecule has 0 unspecified atom stereocenters. The van der Waals surface area contributed by atoms with Crippen LogP contribution in [0.1, 0.15) is 18.9 Å². The van der Waals surface area contributed by atoms with Gasteiger partial charge < -0.3 is 14.8 Å². The van der Waals surface area contributed by atoms with Crippen LogP contribution in [-0.2, 0) is 11.2 Å². The lowest BCUT2D eigenvalue weighted by Crippen LogP contribution is -2.14. The van der Waals surface area contributed by atoms with Crippen molar-refractivity contribution in [1.29, 1.82) is 0 Å². The molecule has 1 aromatic heterocycles. The molecule has 29 heavy (non-hydrogen) atoms. The molecule has 0 aliphatic rings. The van der Waals surface area contributed by atoms with Crippen molar-refractivity contribution >= 4 is 34.2 Å². The number of carbonyl (C=O) groups is 1. The second kappa shape index (κ2) is 9.67. The zero-order chi connectivity index (χ0) is 20.8. The van der Waals surface area contributed by atoms with Crippen LogP contribution in [-0.4, -0.2) is 29.0 Å². The summed E-state index contributed by atoms with van der Waals surface area (Å²) in [5.41, 5.74) is 1.25. The van der Waals surface area contributed by atoms with Crippen LogP contribution >= 0.6 is 23.1 Å². The Labute approximate surface area is 176 Å². The van der Waals surface area contributed by atoms with Gasteiger partial charge >= 0.3 is 0 Å². The number of halogens is 2. The van der Waals surface area contributed by atoms with Gasteiger partial charge in [0.2, 0.25) is 11.0 Å². The van der Waals surface area contributed by atoms with Crippen LogP contribution in [0.3, 0.4) is 0 Å². The zero-order valence-corrected chi connectivity index (χ0v) is 17.4. The molecular formula is C20H19ClFN3O3S. The number of ether oxygens (including phenoxy) is 2. The third kappa shape index (κ3) is 5.42. The minimum atomic E-state index is -0.560. The van der Waals surface area contributed by atoms with Gasteiger partial charge in [-0.25, -0.2) is 4.39 Å². The molecule has 1 amide bonds. The predicted molar refractivity (Wildman–Crippen MR) is 111 cm³/mol. The molecule has 0 spiro atoms. The van der Waals surface area contributed by atoms with E-state index in [0.717, 1.165) is 23.5 Å². The molecule has 3 rings (SSSR count). The van der Waals surface area contributed by atoms with Crippen molar-refractivity contribution in [3.05, 3.63) is 52.8 Å². The first-order chi connectivity index (χ1) is 14.0. The van der Waals surface area contributed by atoms with Crippen molar-refractivity contribution in [3.8, 4) is 22.9 Å². The number of nitrogens with zero attached hydrogens (tertiary/aromatic N) is 2. The second-order valence-electron chi connectivity index (χ2n) is 6.11. The summed E-state index contributed by atoms with van der Waals surface area (Å²) in [4.78, 5) is 16.6. The van der Waals surface area contributed by atoms with Crippen molar-refractivity contribution in [2.45, 2.75) is 19.8 Å². The number of amides is 1. The highest BCUT2D eigenvalue weighted by Crippen LogP contribution is 2.32.